The molecule has 2 aromatic rings. The Hall–Kier alpha value is -2.28. The normalized spacial score (nSPS) is 12.3. The molecule has 0 heterocycles. The van der Waals surface area contributed by atoms with Gasteiger partial charge in [0.25, 0.3) is 0 Å². The van der Waals surface area contributed by atoms with Crippen LogP contribution in [0.3, 0.4) is 0 Å². The van der Waals surface area contributed by atoms with Gasteiger partial charge in [-0.1, -0.05) is 24.3 Å². The number of alkyl halides is 3. The third-order valence-electron chi connectivity index (χ3n) is 3.07. The van der Waals surface area contributed by atoms with Crippen molar-refractivity contribution in [2.45, 2.75) is 19.1 Å². The first-order valence-electron chi connectivity index (χ1n) is 7.27. The zero-order valence-electron chi connectivity index (χ0n) is 12.9. The molecule has 7 heteroatoms. The largest absolute Gasteiger partial charge is 0.491 e. The second-order valence-electron chi connectivity index (χ2n) is 5.20. The lowest BCUT2D eigenvalue weighted by Gasteiger charge is -2.18. The van der Waals surface area contributed by atoms with Crippen molar-refractivity contribution in [2.24, 2.45) is 0 Å². The van der Waals surface area contributed by atoms with E-state index in [0.717, 1.165) is 17.9 Å². The predicted octanol–water partition coefficient (Wildman–Crippen LogP) is 4.46. The predicted molar refractivity (Wildman–Crippen MR) is 92.2 cm³/mol. The van der Waals surface area contributed by atoms with Gasteiger partial charge in [-0.05, 0) is 49.5 Å². The van der Waals surface area contributed by atoms with Crippen LogP contribution in [0.1, 0.15) is 12.5 Å². The molecule has 0 aliphatic rings. The zero-order valence-corrected chi connectivity index (χ0v) is 13.7. The van der Waals surface area contributed by atoms with E-state index in [1.54, 1.807) is 0 Å². The number of hydrogen-bond acceptors (Lipinski definition) is 2. The van der Waals surface area contributed by atoms with Crippen LogP contribution in [0.2, 0.25) is 0 Å². The second kappa shape index (κ2) is 8.01. The second-order valence-corrected chi connectivity index (χ2v) is 5.61. The van der Waals surface area contributed by atoms with Crippen molar-refractivity contribution >= 4 is 23.0 Å². The van der Waals surface area contributed by atoms with Crippen LogP contribution in [0.15, 0.2) is 54.6 Å². The standard InChI is InChI=1S/C17H17F3N2OS/c1-12(11-23-15-8-3-2-4-9-15)21-16(24)22-14-7-5-6-13(10-14)17(18,19)20/h2-10,12H,11H2,1H3,(H2,21,22,24)/t12-/m0/s1. The summed E-state index contributed by atoms with van der Waals surface area (Å²) in [6, 6.07) is 14.1. The van der Waals surface area contributed by atoms with Gasteiger partial charge in [-0.2, -0.15) is 13.2 Å². The first-order valence-corrected chi connectivity index (χ1v) is 7.68. The molecule has 0 unspecified atom stereocenters. The fourth-order valence-corrected chi connectivity index (χ4v) is 2.26. The van der Waals surface area contributed by atoms with Crippen LogP contribution in [-0.2, 0) is 6.18 Å². The molecule has 3 nitrogen and oxygen atoms in total. The number of hydrogen-bond donors (Lipinski definition) is 2. The number of anilines is 1. The van der Waals surface area contributed by atoms with Gasteiger partial charge in [0.15, 0.2) is 5.11 Å². The average Bonchev–Trinajstić information content (AvgIpc) is 2.53. The van der Waals surface area contributed by atoms with Gasteiger partial charge in [0.1, 0.15) is 12.4 Å². The minimum absolute atomic E-state index is 0.115. The van der Waals surface area contributed by atoms with Gasteiger partial charge in [0.2, 0.25) is 0 Å². The van der Waals surface area contributed by atoms with E-state index in [1.807, 2.05) is 37.3 Å². The van der Waals surface area contributed by atoms with Gasteiger partial charge >= 0.3 is 6.18 Å². The molecule has 0 aliphatic heterocycles. The Balaban J connectivity index is 1.84. The summed E-state index contributed by atoms with van der Waals surface area (Å²) in [6.45, 7) is 2.23. The van der Waals surface area contributed by atoms with Gasteiger partial charge in [-0.25, -0.2) is 0 Å². The van der Waals surface area contributed by atoms with Crippen LogP contribution in [0, 0.1) is 0 Å². The number of rotatable bonds is 5. The Morgan fingerprint density at radius 3 is 2.50 bits per heavy atom. The maximum atomic E-state index is 12.7. The molecule has 24 heavy (non-hydrogen) atoms. The SMILES string of the molecule is C[C@@H](COc1ccccc1)NC(=S)Nc1cccc(C(F)(F)F)c1. The molecule has 2 N–H and O–H groups in total. The molecule has 0 aromatic heterocycles. The van der Waals surface area contributed by atoms with Crippen LogP contribution in [0.5, 0.6) is 5.75 Å². The van der Waals surface area contributed by atoms with Crippen LogP contribution in [-0.4, -0.2) is 17.8 Å². The van der Waals surface area contributed by atoms with Gasteiger partial charge < -0.3 is 15.4 Å². The molecule has 0 bridgehead atoms. The summed E-state index contributed by atoms with van der Waals surface area (Å²) < 4.78 is 43.6. The molecule has 0 spiro atoms. The Bertz CT molecular complexity index is 677. The van der Waals surface area contributed by atoms with Crippen molar-refractivity contribution < 1.29 is 17.9 Å². The molecule has 0 aliphatic carbocycles. The first kappa shape index (κ1) is 18.1. The fraction of sp³-hybridized carbons (Fsp3) is 0.235. The maximum Gasteiger partial charge on any atom is 0.416 e. The molecule has 0 amide bonds. The third kappa shape index (κ3) is 5.73. The van der Waals surface area contributed by atoms with Crippen molar-refractivity contribution in [3.63, 3.8) is 0 Å². The Morgan fingerprint density at radius 1 is 1.12 bits per heavy atom. The molecule has 2 rings (SSSR count). The van der Waals surface area contributed by atoms with E-state index in [9.17, 15) is 13.2 Å². The lowest BCUT2D eigenvalue weighted by Crippen LogP contribution is -2.39. The van der Waals surface area contributed by atoms with Gasteiger partial charge in [-0.15, -0.1) is 0 Å². The summed E-state index contributed by atoms with van der Waals surface area (Å²) in [5, 5.41) is 5.95. The third-order valence-corrected chi connectivity index (χ3v) is 3.29. The average molecular weight is 354 g/mol. The van der Waals surface area contributed by atoms with Gasteiger partial charge in [0, 0.05) is 5.69 Å². The lowest BCUT2D eigenvalue weighted by molar-refractivity contribution is -0.137. The summed E-state index contributed by atoms with van der Waals surface area (Å²) in [7, 11) is 0. The summed E-state index contributed by atoms with van der Waals surface area (Å²) in [5.41, 5.74) is -0.450. The van der Waals surface area contributed by atoms with Crippen LogP contribution in [0.4, 0.5) is 18.9 Å². The number of thiocarbonyl (C=S) groups is 1. The van der Waals surface area contributed by atoms with E-state index in [1.165, 1.54) is 12.1 Å². The Labute approximate surface area is 143 Å². The molecule has 128 valence electrons. The van der Waals surface area contributed by atoms with E-state index in [0.29, 0.717) is 6.61 Å². The highest BCUT2D eigenvalue weighted by Crippen LogP contribution is 2.30. The Morgan fingerprint density at radius 2 is 1.83 bits per heavy atom. The molecule has 1 atom stereocenters. The van der Waals surface area contributed by atoms with E-state index in [2.05, 4.69) is 10.6 Å². The molecule has 0 saturated carbocycles. The van der Waals surface area contributed by atoms with E-state index >= 15 is 0 Å². The van der Waals surface area contributed by atoms with Crippen molar-refractivity contribution in [3.8, 4) is 5.75 Å². The lowest BCUT2D eigenvalue weighted by atomic mass is 10.2. The van der Waals surface area contributed by atoms with Crippen molar-refractivity contribution in [1.82, 2.24) is 5.32 Å². The summed E-state index contributed by atoms with van der Waals surface area (Å²) in [4.78, 5) is 0. The van der Waals surface area contributed by atoms with E-state index in [4.69, 9.17) is 17.0 Å². The van der Waals surface area contributed by atoms with Crippen LogP contribution < -0.4 is 15.4 Å². The molecule has 0 saturated heterocycles. The summed E-state index contributed by atoms with van der Waals surface area (Å²) in [6.07, 6.45) is -4.39. The highest BCUT2D eigenvalue weighted by molar-refractivity contribution is 7.80. The first-order chi connectivity index (χ1) is 11.3. The topological polar surface area (TPSA) is 33.3 Å². The smallest absolute Gasteiger partial charge is 0.416 e. The highest BCUT2D eigenvalue weighted by atomic mass is 32.1. The number of para-hydroxylation sites is 1. The number of benzene rings is 2. The minimum Gasteiger partial charge on any atom is -0.491 e. The number of nitrogens with one attached hydrogen (secondary N) is 2. The zero-order chi connectivity index (χ0) is 17.6. The van der Waals surface area contributed by atoms with E-state index < -0.39 is 11.7 Å². The van der Waals surface area contributed by atoms with Crippen molar-refractivity contribution in [1.29, 1.82) is 0 Å². The molecular formula is C17H17F3N2OS. The van der Waals surface area contributed by atoms with Crippen LogP contribution in [0.25, 0.3) is 0 Å². The summed E-state index contributed by atoms with van der Waals surface area (Å²) in [5.74, 6) is 0.739. The maximum absolute atomic E-state index is 12.7. The molecule has 2 aromatic carbocycles. The monoisotopic (exact) mass is 354 g/mol. The van der Waals surface area contributed by atoms with Crippen molar-refractivity contribution in [3.05, 3.63) is 60.2 Å². The quantitative estimate of drug-likeness (QED) is 0.777. The number of ether oxygens (including phenoxy) is 1. The molecular weight excluding hydrogens is 337 g/mol. The van der Waals surface area contributed by atoms with Crippen LogP contribution >= 0.6 is 12.2 Å². The van der Waals surface area contributed by atoms with Gasteiger partial charge in [0.05, 0.1) is 11.6 Å². The summed E-state index contributed by atoms with van der Waals surface area (Å²) >= 11 is 5.12. The van der Waals surface area contributed by atoms with Gasteiger partial charge in [-0.3, -0.25) is 0 Å². The minimum atomic E-state index is -4.39. The number of halogens is 3. The van der Waals surface area contributed by atoms with E-state index in [-0.39, 0.29) is 16.8 Å². The fourth-order valence-electron chi connectivity index (χ4n) is 1.94. The van der Waals surface area contributed by atoms with Crippen molar-refractivity contribution in [2.75, 3.05) is 11.9 Å². The molecule has 0 radical (unpaired) electrons. The Kier molecular flexibility index (Phi) is 6.03. The highest BCUT2D eigenvalue weighted by Gasteiger charge is 2.30. The molecule has 0 fully saturated rings.